The SMILES string of the molecule is CCCOCc1ccccc1CNC(=NC)NCCCOC.I. The Balaban J connectivity index is 0.00000484. The number of nitrogens with zero attached hydrogens (tertiary/aromatic N) is 1. The van der Waals surface area contributed by atoms with E-state index in [0.29, 0.717) is 6.61 Å². The number of halogens is 1. The van der Waals surface area contributed by atoms with Gasteiger partial charge in [0.2, 0.25) is 0 Å². The summed E-state index contributed by atoms with van der Waals surface area (Å²) in [5.74, 6) is 0.806. The minimum Gasteiger partial charge on any atom is -0.385 e. The summed E-state index contributed by atoms with van der Waals surface area (Å²) in [6, 6.07) is 8.33. The maximum absolute atomic E-state index is 5.65. The fourth-order valence-corrected chi connectivity index (χ4v) is 2.02. The van der Waals surface area contributed by atoms with Gasteiger partial charge in [-0.15, -0.1) is 24.0 Å². The third kappa shape index (κ3) is 9.78. The van der Waals surface area contributed by atoms with Crippen molar-refractivity contribution in [3.8, 4) is 0 Å². The Bertz CT molecular complexity index is 442. The fourth-order valence-electron chi connectivity index (χ4n) is 2.02. The van der Waals surface area contributed by atoms with Crippen LogP contribution in [0.25, 0.3) is 0 Å². The Morgan fingerprint density at radius 3 is 2.52 bits per heavy atom. The molecule has 1 aromatic carbocycles. The third-order valence-electron chi connectivity index (χ3n) is 3.21. The van der Waals surface area contributed by atoms with Crippen LogP contribution in [0.3, 0.4) is 0 Å². The van der Waals surface area contributed by atoms with Crippen LogP contribution in [0.5, 0.6) is 0 Å². The highest BCUT2D eigenvalue weighted by Crippen LogP contribution is 2.10. The molecule has 1 rings (SSSR count). The number of benzene rings is 1. The molecule has 0 atom stereocenters. The van der Waals surface area contributed by atoms with E-state index in [1.807, 2.05) is 6.07 Å². The van der Waals surface area contributed by atoms with E-state index < -0.39 is 0 Å². The first-order valence-corrected chi connectivity index (χ1v) is 7.89. The number of rotatable bonds is 10. The van der Waals surface area contributed by atoms with Crippen molar-refractivity contribution in [2.75, 3.05) is 33.9 Å². The van der Waals surface area contributed by atoms with Gasteiger partial charge in [-0.05, 0) is 24.0 Å². The summed E-state index contributed by atoms with van der Waals surface area (Å²) in [7, 11) is 3.49. The zero-order chi connectivity index (χ0) is 16.0. The first-order chi connectivity index (χ1) is 10.8. The van der Waals surface area contributed by atoms with Crippen molar-refractivity contribution in [1.29, 1.82) is 0 Å². The van der Waals surface area contributed by atoms with E-state index in [-0.39, 0.29) is 24.0 Å². The lowest BCUT2D eigenvalue weighted by Gasteiger charge is -2.14. The van der Waals surface area contributed by atoms with E-state index in [4.69, 9.17) is 9.47 Å². The lowest BCUT2D eigenvalue weighted by atomic mass is 10.1. The van der Waals surface area contributed by atoms with Gasteiger partial charge in [-0.3, -0.25) is 4.99 Å². The van der Waals surface area contributed by atoms with E-state index in [9.17, 15) is 0 Å². The van der Waals surface area contributed by atoms with Crippen LogP contribution in [-0.2, 0) is 22.6 Å². The summed E-state index contributed by atoms with van der Waals surface area (Å²) in [5, 5.41) is 6.61. The number of hydrogen-bond acceptors (Lipinski definition) is 3. The molecular weight excluding hydrogens is 405 g/mol. The van der Waals surface area contributed by atoms with Crippen molar-refractivity contribution in [2.45, 2.75) is 32.9 Å². The molecule has 2 N–H and O–H groups in total. The summed E-state index contributed by atoms with van der Waals surface area (Å²) >= 11 is 0. The number of ether oxygens (including phenoxy) is 2. The van der Waals surface area contributed by atoms with Crippen LogP contribution in [-0.4, -0.2) is 39.9 Å². The zero-order valence-electron chi connectivity index (χ0n) is 14.4. The summed E-state index contributed by atoms with van der Waals surface area (Å²) < 4.78 is 10.7. The molecule has 0 heterocycles. The second kappa shape index (κ2) is 14.7. The maximum Gasteiger partial charge on any atom is 0.191 e. The minimum atomic E-state index is 0. The predicted octanol–water partition coefficient (Wildman–Crippen LogP) is 2.93. The Hall–Kier alpha value is -0.860. The number of guanidine groups is 1. The molecule has 1 aromatic rings. The molecule has 132 valence electrons. The van der Waals surface area contributed by atoms with E-state index in [0.717, 1.165) is 45.1 Å². The van der Waals surface area contributed by atoms with Crippen molar-refractivity contribution in [2.24, 2.45) is 4.99 Å². The van der Waals surface area contributed by atoms with Crippen molar-refractivity contribution >= 4 is 29.9 Å². The summed E-state index contributed by atoms with van der Waals surface area (Å²) in [4.78, 5) is 4.23. The number of hydrogen-bond donors (Lipinski definition) is 2. The first-order valence-electron chi connectivity index (χ1n) is 7.89. The highest BCUT2D eigenvalue weighted by Gasteiger charge is 2.03. The minimum absolute atomic E-state index is 0. The van der Waals surface area contributed by atoms with Gasteiger partial charge in [0.25, 0.3) is 0 Å². The molecule has 0 aliphatic heterocycles. The number of aliphatic imine (C=N–C) groups is 1. The van der Waals surface area contributed by atoms with Crippen LogP contribution in [0.4, 0.5) is 0 Å². The molecule has 0 saturated heterocycles. The topological polar surface area (TPSA) is 54.9 Å². The van der Waals surface area contributed by atoms with Gasteiger partial charge in [-0.25, -0.2) is 0 Å². The average Bonchev–Trinajstić information content (AvgIpc) is 2.55. The Labute approximate surface area is 157 Å². The van der Waals surface area contributed by atoms with Gasteiger partial charge in [0.15, 0.2) is 5.96 Å². The van der Waals surface area contributed by atoms with Gasteiger partial charge in [-0.2, -0.15) is 0 Å². The third-order valence-corrected chi connectivity index (χ3v) is 3.21. The summed E-state index contributed by atoms with van der Waals surface area (Å²) in [6.07, 6.45) is 2.00. The molecule has 0 spiro atoms. The van der Waals surface area contributed by atoms with E-state index in [1.54, 1.807) is 14.2 Å². The standard InChI is InChI=1S/C17H29N3O2.HI/c1-4-11-22-14-16-9-6-5-8-15(16)13-20-17(18-2)19-10-7-12-21-3;/h5-6,8-9H,4,7,10-14H2,1-3H3,(H2,18,19,20);1H. The lowest BCUT2D eigenvalue weighted by Crippen LogP contribution is -2.37. The van der Waals surface area contributed by atoms with Crippen LogP contribution < -0.4 is 10.6 Å². The molecule has 6 heteroatoms. The van der Waals surface area contributed by atoms with Gasteiger partial charge in [0, 0.05) is 40.5 Å². The summed E-state index contributed by atoms with van der Waals surface area (Å²) in [6.45, 7) is 5.90. The normalized spacial score (nSPS) is 11.0. The molecule has 0 fully saturated rings. The van der Waals surface area contributed by atoms with E-state index in [2.05, 4.69) is 40.7 Å². The van der Waals surface area contributed by atoms with E-state index >= 15 is 0 Å². The molecule has 0 saturated carbocycles. The molecule has 0 aliphatic carbocycles. The van der Waals surface area contributed by atoms with Crippen molar-refractivity contribution in [3.63, 3.8) is 0 Å². The van der Waals surface area contributed by atoms with Crippen LogP contribution in [0, 0.1) is 0 Å². The van der Waals surface area contributed by atoms with Crippen LogP contribution in [0.1, 0.15) is 30.9 Å². The van der Waals surface area contributed by atoms with Crippen molar-refractivity contribution in [1.82, 2.24) is 10.6 Å². The summed E-state index contributed by atoms with van der Waals surface area (Å²) in [5.41, 5.74) is 2.46. The molecule has 0 aliphatic rings. The van der Waals surface area contributed by atoms with Gasteiger partial charge in [0.05, 0.1) is 6.61 Å². The molecule has 5 nitrogen and oxygen atoms in total. The molecular formula is C17H30IN3O2. The lowest BCUT2D eigenvalue weighted by molar-refractivity contribution is 0.121. The van der Waals surface area contributed by atoms with Gasteiger partial charge in [0.1, 0.15) is 0 Å². The van der Waals surface area contributed by atoms with Gasteiger partial charge >= 0.3 is 0 Å². The monoisotopic (exact) mass is 435 g/mol. The Kier molecular flexibility index (Phi) is 14.2. The quantitative estimate of drug-likeness (QED) is 0.257. The van der Waals surface area contributed by atoms with Gasteiger partial charge < -0.3 is 20.1 Å². The fraction of sp³-hybridized carbons (Fsp3) is 0.588. The van der Waals surface area contributed by atoms with Crippen molar-refractivity contribution in [3.05, 3.63) is 35.4 Å². The maximum atomic E-state index is 5.65. The highest BCUT2D eigenvalue weighted by molar-refractivity contribution is 14.0. The van der Waals surface area contributed by atoms with Crippen molar-refractivity contribution < 1.29 is 9.47 Å². The van der Waals surface area contributed by atoms with Crippen LogP contribution in [0.15, 0.2) is 29.3 Å². The van der Waals surface area contributed by atoms with Crippen LogP contribution >= 0.6 is 24.0 Å². The molecule has 0 unspecified atom stereocenters. The average molecular weight is 435 g/mol. The largest absolute Gasteiger partial charge is 0.385 e. The number of methoxy groups -OCH3 is 1. The van der Waals surface area contributed by atoms with Crippen LogP contribution in [0.2, 0.25) is 0 Å². The smallest absolute Gasteiger partial charge is 0.191 e. The number of nitrogens with one attached hydrogen (secondary N) is 2. The van der Waals surface area contributed by atoms with E-state index in [1.165, 1.54) is 11.1 Å². The second-order valence-corrected chi connectivity index (χ2v) is 5.02. The zero-order valence-corrected chi connectivity index (χ0v) is 16.8. The predicted molar refractivity (Wildman–Crippen MR) is 106 cm³/mol. The highest BCUT2D eigenvalue weighted by atomic mass is 127. The molecule has 0 amide bonds. The molecule has 0 radical (unpaired) electrons. The molecule has 0 bridgehead atoms. The van der Waals surface area contributed by atoms with Gasteiger partial charge in [-0.1, -0.05) is 31.2 Å². The molecule has 23 heavy (non-hydrogen) atoms. The second-order valence-electron chi connectivity index (χ2n) is 5.02. The Morgan fingerprint density at radius 2 is 1.87 bits per heavy atom. The molecule has 0 aromatic heterocycles. The Morgan fingerprint density at radius 1 is 1.13 bits per heavy atom. The first kappa shape index (κ1) is 22.1.